The van der Waals surface area contributed by atoms with Crippen LogP contribution in [0, 0.1) is 0 Å². The molecule has 10 heteroatoms. The molecule has 0 aliphatic carbocycles. The molecule has 7 aromatic carbocycles. The molecule has 0 spiro atoms. The summed E-state index contributed by atoms with van der Waals surface area (Å²) in [5.74, 6) is 0.997. The molecule has 244 valence electrons. The van der Waals surface area contributed by atoms with Gasteiger partial charge in [0.25, 0.3) is 0 Å². The smallest absolute Gasteiger partial charge is 0.238 e. The van der Waals surface area contributed by atoms with Gasteiger partial charge in [-0.1, -0.05) is 120 Å². The fraction of sp³-hybridized carbons (Fsp3) is 0. The first-order chi connectivity index (χ1) is 26.9. The molecule has 0 fully saturated rings. The maximum absolute atomic E-state index is 6.66. The molecule has 0 aliphatic rings. The van der Waals surface area contributed by atoms with Gasteiger partial charge in [-0.25, -0.2) is 4.98 Å². The highest BCUT2D eigenvalue weighted by molar-refractivity contribution is 6.68. The predicted octanol–water partition coefficient (Wildman–Crippen LogP) is 5.04. The molecule has 5 nitrogen and oxygen atoms in total. The molecule has 0 N–H and O–H groups in total. The van der Waals surface area contributed by atoms with Crippen LogP contribution in [0.25, 0.3) is 89.2 Å². The van der Waals surface area contributed by atoms with Crippen LogP contribution >= 0.6 is 0 Å². The predicted molar refractivity (Wildman–Crippen MR) is 232 cm³/mol. The number of para-hydroxylation sites is 3. The van der Waals surface area contributed by atoms with Gasteiger partial charge in [0.15, 0.2) is 11.6 Å². The van der Waals surface area contributed by atoms with Crippen molar-refractivity contribution in [2.75, 3.05) is 0 Å². The van der Waals surface area contributed by atoms with E-state index in [9.17, 15) is 0 Å². The van der Waals surface area contributed by atoms with Gasteiger partial charge in [0.05, 0.1) is 22.1 Å². The first-order valence-electron chi connectivity index (χ1n) is 17.8. The Labute approximate surface area is 324 Å². The van der Waals surface area contributed by atoms with E-state index in [1.165, 1.54) is 0 Å². The number of rotatable bonds is 5. The van der Waals surface area contributed by atoms with Crippen LogP contribution in [0.2, 0.25) is 0 Å². The average molecular weight is 689 g/mol. The number of fused-ring (bicyclic) bond motifs is 6. The summed E-state index contributed by atoms with van der Waals surface area (Å²) in [6, 6.07) is 49.8. The lowest BCUT2D eigenvalue weighted by Gasteiger charge is -2.21. The third-order valence-corrected chi connectivity index (χ3v) is 10.5. The highest BCUT2D eigenvalue weighted by Crippen LogP contribution is 2.40. The van der Waals surface area contributed by atoms with Gasteiger partial charge in [0.2, 0.25) is 5.95 Å². The number of aromatic nitrogens is 5. The van der Waals surface area contributed by atoms with Crippen molar-refractivity contribution in [3.05, 3.63) is 146 Å². The van der Waals surface area contributed by atoms with E-state index in [0.29, 0.717) is 17.3 Å². The van der Waals surface area contributed by atoms with Crippen molar-refractivity contribution in [2.45, 2.75) is 0 Å². The van der Waals surface area contributed by atoms with E-state index < -0.39 is 0 Å². The number of nitrogens with zero attached hydrogens (tertiary/aromatic N) is 5. The molecule has 0 atom stereocenters. The lowest BCUT2D eigenvalue weighted by molar-refractivity contribution is 0.955. The van der Waals surface area contributed by atoms with Crippen molar-refractivity contribution < 1.29 is 0 Å². The van der Waals surface area contributed by atoms with Crippen LogP contribution in [-0.2, 0) is 0 Å². The minimum atomic E-state index is 0.115. The highest BCUT2D eigenvalue weighted by atomic mass is 15.2. The molecule has 0 saturated carbocycles. The molecule has 10 rings (SSSR count). The molecule has 55 heavy (non-hydrogen) atoms. The molecule has 10 aromatic rings. The normalized spacial score (nSPS) is 11.6. The second-order valence-corrected chi connectivity index (χ2v) is 13.6. The van der Waals surface area contributed by atoms with Crippen LogP contribution in [-0.4, -0.2) is 63.3 Å². The van der Waals surface area contributed by atoms with E-state index in [-0.39, 0.29) is 33.1 Å². The van der Waals surface area contributed by atoms with Crippen molar-refractivity contribution >= 4 is 110 Å². The summed E-state index contributed by atoms with van der Waals surface area (Å²) >= 11 is 0. The van der Waals surface area contributed by atoms with E-state index in [0.717, 1.165) is 66.0 Å². The molecule has 0 bridgehead atoms. The molecule has 10 radical (unpaired) electrons. The van der Waals surface area contributed by atoms with E-state index in [1.54, 1.807) is 0 Å². The summed E-state index contributed by atoms with van der Waals surface area (Å²) in [6.45, 7) is 0. The van der Waals surface area contributed by atoms with Crippen molar-refractivity contribution in [3.8, 4) is 45.5 Å². The van der Waals surface area contributed by atoms with Crippen molar-refractivity contribution in [2.24, 2.45) is 0 Å². The largest absolute Gasteiger partial charge is 0.309 e. The summed E-state index contributed by atoms with van der Waals surface area (Å²) in [7, 11) is 32.3. The monoisotopic (exact) mass is 689 g/mol. The second kappa shape index (κ2) is 12.8. The first-order valence-corrected chi connectivity index (χ1v) is 17.8. The van der Waals surface area contributed by atoms with Gasteiger partial charge in [-0.2, -0.15) is 9.97 Å². The topological polar surface area (TPSA) is 48.5 Å². The Hall–Kier alpha value is -6.53. The Morgan fingerprint density at radius 3 is 1.47 bits per heavy atom. The third kappa shape index (κ3) is 5.12. The van der Waals surface area contributed by atoms with Crippen LogP contribution in [0.5, 0.6) is 0 Å². The summed E-state index contributed by atoms with van der Waals surface area (Å²) in [6.07, 6.45) is 0. The second-order valence-electron chi connectivity index (χ2n) is 13.6. The third-order valence-electron chi connectivity index (χ3n) is 10.5. The SMILES string of the molecule is [B]c1c([B])c([B])c(-c2nc(-c3ccccc3-c3ccccc3)nc(-n3c4ccccc4c4cc5c(cc43)c3ccccc3n5-c3ccccc3)n2)c([B])c1[B]. The zero-order valence-corrected chi connectivity index (χ0v) is 29.5. The summed E-state index contributed by atoms with van der Waals surface area (Å²) in [4.78, 5) is 15.4. The van der Waals surface area contributed by atoms with Crippen LogP contribution in [0.1, 0.15) is 0 Å². The maximum Gasteiger partial charge on any atom is 0.238 e. The fourth-order valence-electron chi connectivity index (χ4n) is 7.84. The number of benzene rings is 7. The Morgan fingerprint density at radius 2 is 0.836 bits per heavy atom. The quantitative estimate of drug-likeness (QED) is 0.239. The van der Waals surface area contributed by atoms with Gasteiger partial charge in [-0.15, -0.1) is 16.4 Å². The van der Waals surface area contributed by atoms with Crippen LogP contribution in [0.4, 0.5) is 0 Å². The molecule has 0 saturated heterocycles. The van der Waals surface area contributed by atoms with Crippen molar-refractivity contribution in [1.29, 1.82) is 0 Å². The van der Waals surface area contributed by atoms with Crippen LogP contribution < -0.4 is 27.3 Å². The molecule has 3 aromatic heterocycles. The summed E-state index contributed by atoms with van der Waals surface area (Å²) < 4.78 is 4.40. The minimum absolute atomic E-state index is 0.115. The zero-order chi connectivity index (χ0) is 37.4. The maximum atomic E-state index is 6.66. The molecule has 0 amide bonds. The van der Waals surface area contributed by atoms with Crippen molar-refractivity contribution in [1.82, 2.24) is 24.1 Å². The Bertz CT molecular complexity index is 3130. The minimum Gasteiger partial charge on any atom is -0.309 e. The molecular weight excluding hydrogens is 665 g/mol. The zero-order valence-electron chi connectivity index (χ0n) is 29.5. The number of hydrogen-bond acceptors (Lipinski definition) is 3. The first kappa shape index (κ1) is 33.1. The van der Waals surface area contributed by atoms with Gasteiger partial charge >= 0.3 is 0 Å². The highest BCUT2D eigenvalue weighted by Gasteiger charge is 2.23. The standard InChI is InChI=1S/C45H24B5N5/c46-38-37(39(47)41(49)42(50)40(38)48)44-51-43(30-20-8-7-17-27(30)25-13-3-1-4-14-25)52-45(53-44)55-34-22-12-10-19-29(34)32-23-35-31(24-36(32)55)28-18-9-11-21-33(28)54(35)26-15-5-2-6-16-26/h1-24H. The summed E-state index contributed by atoms with van der Waals surface area (Å²) in [5, 5.41) is 4.29. The van der Waals surface area contributed by atoms with Gasteiger partial charge in [-0.05, 0) is 47.5 Å². The lowest BCUT2D eigenvalue weighted by Crippen LogP contribution is -2.55. The Morgan fingerprint density at radius 1 is 0.364 bits per heavy atom. The summed E-state index contributed by atoms with van der Waals surface area (Å²) in [5.41, 5.74) is 8.78. The van der Waals surface area contributed by atoms with Gasteiger partial charge in [0, 0.05) is 38.4 Å². The molecule has 3 heterocycles. The fourth-order valence-corrected chi connectivity index (χ4v) is 7.84. The van der Waals surface area contributed by atoms with Crippen molar-refractivity contribution in [3.63, 3.8) is 0 Å². The van der Waals surface area contributed by atoms with Gasteiger partial charge in [-0.3, -0.25) is 4.57 Å². The lowest BCUT2D eigenvalue weighted by atomic mass is 9.60. The molecular formula is C45H24B5N5. The van der Waals surface area contributed by atoms with E-state index in [2.05, 4.69) is 100 Å². The average Bonchev–Trinajstić information content (AvgIpc) is 3.74. The van der Waals surface area contributed by atoms with E-state index in [1.807, 2.05) is 54.6 Å². The van der Waals surface area contributed by atoms with Gasteiger partial charge < -0.3 is 4.57 Å². The van der Waals surface area contributed by atoms with Gasteiger partial charge in [0.1, 0.15) is 39.2 Å². The van der Waals surface area contributed by atoms with E-state index >= 15 is 0 Å². The van der Waals surface area contributed by atoms with Crippen LogP contribution in [0.3, 0.4) is 0 Å². The van der Waals surface area contributed by atoms with Crippen LogP contribution in [0.15, 0.2) is 146 Å². The molecule has 0 aliphatic heterocycles. The Balaban J connectivity index is 1.33. The Kier molecular flexibility index (Phi) is 7.70. The van der Waals surface area contributed by atoms with E-state index in [4.69, 9.17) is 54.2 Å². The number of hydrogen-bond donors (Lipinski definition) is 0. The molecule has 0 unspecified atom stereocenters.